The Hall–Kier alpha value is -1.28. The van der Waals surface area contributed by atoms with Crippen molar-refractivity contribution in [2.24, 2.45) is 0 Å². The molecule has 0 radical (unpaired) electrons. The van der Waals surface area contributed by atoms with E-state index >= 15 is 0 Å². The second-order valence-electron chi connectivity index (χ2n) is 2.38. The van der Waals surface area contributed by atoms with Crippen molar-refractivity contribution in [3.8, 4) is 6.07 Å². The van der Waals surface area contributed by atoms with Crippen molar-refractivity contribution < 1.29 is 0 Å². The summed E-state index contributed by atoms with van der Waals surface area (Å²) >= 11 is 1.42. The first kappa shape index (κ1) is 9.81. The molecule has 0 saturated heterocycles. The fraction of sp³-hybridized carbons (Fsp3) is 0.375. The Morgan fingerprint density at radius 1 is 1.54 bits per heavy atom. The molecule has 0 aliphatic carbocycles. The molecule has 0 amide bonds. The number of hydrogen-bond acceptors (Lipinski definition) is 5. The van der Waals surface area contributed by atoms with Crippen molar-refractivity contribution in [1.82, 2.24) is 9.97 Å². The molecule has 1 aromatic heterocycles. The van der Waals surface area contributed by atoms with Gasteiger partial charge in [-0.25, -0.2) is 9.97 Å². The van der Waals surface area contributed by atoms with Gasteiger partial charge in [0.1, 0.15) is 17.5 Å². The van der Waals surface area contributed by atoms with Gasteiger partial charge in [-0.1, -0.05) is 18.7 Å². The number of anilines is 1. The molecule has 13 heavy (non-hydrogen) atoms. The minimum atomic E-state index is 0.277. The number of nitrogens with zero attached hydrogens (tertiary/aromatic N) is 3. The van der Waals surface area contributed by atoms with E-state index in [0.29, 0.717) is 17.1 Å². The molecule has 1 heterocycles. The van der Waals surface area contributed by atoms with Crippen molar-refractivity contribution in [3.63, 3.8) is 0 Å². The maximum atomic E-state index is 8.78. The fourth-order valence-corrected chi connectivity index (χ4v) is 1.36. The molecule has 4 nitrogen and oxygen atoms in total. The number of hydrogen-bond donors (Lipinski definition) is 1. The third kappa shape index (κ3) is 1.90. The lowest BCUT2D eigenvalue weighted by Crippen LogP contribution is -2.03. The highest BCUT2D eigenvalue weighted by Crippen LogP contribution is 2.17. The van der Waals surface area contributed by atoms with Crippen LogP contribution in [0.3, 0.4) is 0 Å². The van der Waals surface area contributed by atoms with Crippen LogP contribution in [0, 0.1) is 11.3 Å². The second kappa shape index (κ2) is 4.10. The first-order valence-corrected chi connectivity index (χ1v) is 5.05. The predicted molar refractivity (Wildman–Crippen MR) is 52.3 cm³/mol. The van der Waals surface area contributed by atoms with E-state index in [1.165, 1.54) is 11.8 Å². The molecule has 0 aliphatic heterocycles. The zero-order valence-corrected chi connectivity index (χ0v) is 8.35. The summed E-state index contributed by atoms with van der Waals surface area (Å²) in [5.41, 5.74) is 6.72. The van der Waals surface area contributed by atoms with E-state index in [0.717, 1.165) is 5.69 Å². The van der Waals surface area contributed by atoms with Crippen LogP contribution in [0.2, 0.25) is 0 Å². The molecular weight excluding hydrogens is 184 g/mol. The lowest BCUT2D eigenvalue weighted by atomic mass is 10.2. The average Bonchev–Trinajstić information content (AvgIpc) is 2.16. The summed E-state index contributed by atoms with van der Waals surface area (Å²) in [6, 6.07) is 2.01. The fourth-order valence-electron chi connectivity index (χ4n) is 0.972. The summed E-state index contributed by atoms with van der Waals surface area (Å²) in [6.45, 7) is 1.94. The topological polar surface area (TPSA) is 75.6 Å². The third-order valence-electron chi connectivity index (χ3n) is 1.62. The summed E-state index contributed by atoms with van der Waals surface area (Å²) in [4.78, 5) is 8.17. The van der Waals surface area contributed by atoms with Crippen LogP contribution in [0.15, 0.2) is 5.16 Å². The van der Waals surface area contributed by atoms with Crippen LogP contribution in [0.5, 0.6) is 0 Å². The lowest BCUT2D eigenvalue weighted by Gasteiger charge is -2.04. The number of nitrogens with two attached hydrogens (primary N) is 1. The lowest BCUT2D eigenvalue weighted by molar-refractivity contribution is 0.890. The molecular formula is C8H10N4S. The Morgan fingerprint density at radius 3 is 2.69 bits per heavy atom. The molecule has 0 fully saturated rings. The molecule has 0 unspecified atom stereocenters. The van der Waals surface area contributed by atoms with E-state index in [1.807, 2.05) is 19.2 Å². The molecule has 2 N–H and O–H groups in total. The average molecular weight is 194 g/mol. The predicted octanol–water partition coefficient (Wildman–Crippen LogP) is 1.21. The molecule has 0 atom stereocenters. The van der Waals surface area contributed by atoms with Crippen molar-refractivity contribution in [2.75, 3.05) is 12.0 Å². The van der Waals surface area contributed by atoms with Gasteiger partial charge in [0.2, 0.25) is 0 Å². The molecule has 0 bridgehead atoms. The van der Waals surface area contributed by atoms with E-state index in [9.17, 15) is 0 Å². The van der Waals surface area contributed by atoms with Crippen LogP contribution in [0.4, 0.5) is 5.82 Å². The summed E-state index contributed by atoms with van der Waals surface area (Å²) in [5, 5.41) is 9.40. The van der Waals surface area contributed by atoms with E-state index in [4.69, 9.17) is 11.0 Å². The van der Waals surface area contributed by atoms with Crippen LogP contribution in [0.1, 0.15) is 18.2 Å². The molecule has 0 saturated carbocycles. The van der Waals surface area contributed by atoms with Gasteiger partial charge in [0.25, 0.3) is 0 Å². The van der Waals surface area contributed by atoms with Crippen molar-refractivity contribution in [3.05, 3.63) is 11.3 Å². The van der Waals surface area contributed by atoms with E-state index in [1.54, 1.807) is 0 Å². The van der Waals surface area contributed by atoms with Gasteiger partial charge in [-0.05, 0) is 12.7 Å². The Balaban J connectivity index is 3.31. The molecule has 0 aliphatic rings. The third-order valence-corrected chi connectivity index (χ3v) is 2.17. The maximum Gasteiger partial charge on any atom is 0.189 e. The Morgan fingerprint density at radius 2 is 2.23 bits per heavy atom. The van der Waals surface area contributed by atoms with Crippen LogP contribution < -0.4 is 5.73 Å². The van der Waals surface area contributed by atoms with Gasteiger partial charge in [-0.15, -0.1) is 0 Å². The van der Waals surface area contributed by atoms with E-state index in [-0.39, 0.29) is 5.82 Å². The number of aryl methyl sites for hydroxylation is 1. The zero-order chi connectivity index (χ0) is 9.84. The normalized spacial score (nSPS) is 9.62. The van der Waals surface area contributed by atoms with Gasteiger partial charge in [0, 0.05) is 0 Å². The molecule has 0 aromatic carbocycles. The van der Waals surface area contributed by atoms with Gasteiger partial charge in [-0.3, -0.25) is 0 Å². The van der Waals surface area contributed by atoms with Crippen LogP contribution in [-0.2, 0) is 6.42 Å². The first-order valence-electron chi connectivity index (χ1n) is 3.83. The summed E-state index contributed by atoms with van der Waals surface area (Å²) in [6.07, 6.45) is 2.57. The molecule has 0 spiro atoms. The highest BCUT2D eigenvalue weighted by atomic mass is 32.2. The smallest absolute Gasteiger partial charge is 0.189 e. The van der Waals surface area contributed by atoms with E-state index in [2.05, 4.69) is 9.97 Å². The number of nitriles is 1. The van der Waals surface area contributed by atoms with Gasteiger partial charge < -0.3 is 5.73 Å². The van der Waals surface area contributed by atoms with Crippen molar-refractivity contribution in [1.29, 1.82) is 5.26 Å². The molecule has 68 valence electrons. The number of rotatable bonds is 2. The highest BCUT2D eigenvalue weighted by Gasteiger charge is 2.09. The Labute approximate surface area is 81.2 Å². The van der Waals surface area contributed by atoms with Crippen molar-refractivity contribution in [2.45, 2.75) is 18.5 Å². The Kier molecular flexibility index (Phi) is 3.09. The maximum absolute atomic E-state index is 8.78. The van der Waals surface area contributed by atoms with Gasteiger partial charge in [-0.2, -0.15) is 5.26 Å². The number of nitrogen functional groups attached to an aromatic ring is 1. The highest BCUT2D eigenvalue weighted by molar-refractivity contribution is 7.98. The quantitative estimate of drug-likeness (QED) is 0.565. The monoisotopic (exact) mass is 194 g/mol. The van der Waals surface area contributed by atoms with Gasteiger partial charge in [0.05, 0.1) is 5.69 Å². The largest absolute Gasteiger partial charge is 0.382 e. The zero-order valence-electron chi connectivity index (χ0n) is 7.53. The standard InChI is InChI=1S/C8H10N4S/c1-3-6-5(4-9)7(10)12-8(11-6)13-2/h3H2,1-2H3,(H2,10,11,12). The van der Waals surface area contributed by atoms with Gasteiger partial charge >= 0.3 is 0 Å². The van der Waals surface area contributed by atoms with Crippen LogP contribution in [0.25, 0.3) is 0 Å². The minimum Gasteiger partial charge on any atom is -0.382 e. The van der Waals surface area contributed by atoms with Gasteiger partial charge in [0.15, 0.2) is 5.16 Å². The van der Waals surface area contributed by atoms with Crippen LogP contribution >= 0.6 is 11.8 Å². The minimum absolute atomic E-state index is 0.277. The van der Waals surface area contributed by atoms with Crippen LogP contribution in [-0.4, -0.2) is 16.2 Å². The Bertz CT molecular complexity index is 356. The SMILES string of the molecule is CCc1nc(SC)nc(N)c1C#N. The second-order valence-corrected chi connectivity index (χ2v) is 3.16. The van der Waals surface area contributed by atoms with Crippen molar-refractivity contribution >= 4 is 17.6 Å². The molecule has 5 heteroatoms. The summed E-state index contributed by atoms with van der Waals surface area (Å²) in [7, 11) is 0. The van der Waals surface area contributed by atoms with E-state index < -0.39 is 0 Å². The number of thioether (sulfide) groups is 1. The molecule has 1 aromatic rings. The summed E-state index contributed by atoms with van der Waals surface area (Å²) in [5.74, 6) is 0.277. The first-order chi connectivity index (χ1) is 6.22. The molecule has 1 rings (SSSR count). The summed E-state index contributed by atoms with van der Waals surface area (Å²) < 4.78 is 0. The number of aromatic nitrogens is 2.